The van der Waals surface area contributed by atoms with Gasteiger partial charge >= 0.3 is 12.1 Å². The van der Waals surface area contributed by atoms with Crippen LogP contribution >= 0.6 is 0 Å². The highest BCUT2D eigenvalue weighted by Gasteiger charge is 2.79. The van der Waals surface area contributed by atoms with Crippen LogP contribution in [0.15, 0.2) is 66.2 Å². The van der Waals surface area contributed by atoms with Crippen LogP contribution in [0.25, 0.3) is 0 Å². The van der Waals surface area contributed by atoms with Gasteiger partial charge in [-0.2, -0.15) is 22.0 Å². The fraction of sp³-hybridized carbons (Fsp3) is 0.615. The molecule has 1 N–H and O–H groups in total. The summed E-state index contributed by atoms with van der Waals surface area (Å²) in [6.07, 6.45) is -0.992. The number of carbonyl (C=O) groups excluding carboxylic acids is 1. The van der Waals surface area contributed by atoms with E-state index in [1.807, 2.05) is 18.2 Å². The minimum absolute atomic E-state index is 0.0350. The van der Waals surface area contributed by atoms with Crippen molar-refractivity contribution in [3.63, 3.8) is 0 Å². The zero-order valence-corrected chi connectivity index (χ0v) is 27.7. The number of nitrogens with zero attached hydrogens (tertiary/aromatic N) is 2. The van der Waals surface area contributed by atoms with Gasteiger partial charge in [0.05, 0.1) is 0 Å². The molecule has 4 aliphatic carbocycles. The molecule has 5 aliphatic rings. The van der Waals surface area contributed by atoms with E-state index in [4.69, 9.17) is 0 Å². The van der Waals surface area contributed by atoms with Crippen molar-refractivity contribution in [2.75, 3.05) is 32.7 Å². The predicted molar refractivity (Wildman–Crippen MR) is 174 cm³/mol. The minimum Gasteiger partial charge on any atom is -0.383 e. The summed E-state index contributed by atoms with van der Waals surface area (Å²) in [7, 11) is 0. The molecule has 7 atom stereocenters. The topological polar surface area (TPSA) is 43.8 Å². The molecule has 4 nitrogen and oxygen atoms in total. The average molecular weight is 671 g/mol. The first-order chi connectivity index (χ1) is 22.8. The lowest BCUT2D eigenvalue weighted by Gasteiger charge is -2.59. The maximum atomic E-state index is 15.3. The smallest absolute Gasteiger partial charge is 0.383 e. The first kappa shape index (κ1) is 33.9. The number of fused-ring (bicyclic) bond motifs is 5. The molecule has 7 rings (SSSR count). The molecular weight excluding hydrogens is 623 g/mol. The number of alkyl halides is 5. The maximum absolute atomic E-state index is 15.3. The number of hydrogen-bond donors (Lipinski definition) is 1. The van der Waals surface area contributed by atoms with Crippen LogP contribution in [0.1, 0.15) is 74.5 Å². The Labute approximate surface area is 280 Å². The van der Waals surface area contributed by atoms with Crippen LogP contribution in [-0.4, -0.2) is 71.1 Å². The lowest BCUT2D eigenvalue weighted by atomic mass is 9.46. The highest BCUT2D eigenvalue weighted by atomic mass is 19.4. The minimum atomic E-state index is -5.84. The summed E-state index contributed by atoms with van der Waals surface area (Å²) in [6, 6.07) is 18.8. The summed E-state index contributed by atoms with van der Waals surface area (Å²) in [5, 5.41) is 11.5. The third kappa shape index (κ3) is 5.75. The molecule has 48 heavy (non-hydrogen) atoms. The van der Waals surface area contributed by atoms with E-state index in [2.05, 4.69) is 46.2 Å². The van der Waals surface area contributed by atoms with E-state index in [1.54, 1.807) is 6.08 Å². The van der Waals surface area contributed by atoms with Gasteiger partial charge in [-0.1, -0.05) is 67.1 Å². The van der Waals surface area contributed by atoms with Gasteiger partial charge in [0.2, 0.25) is 0 Å². The number of piperazine rings is 1. The van der Waals surface area contributed by atoms with Crippen LogP contribution in [0, 0.1) is 29.1 Å². The lowest BCUT2D eigenvalue weighted by molar-refractivity contribution is -0.364. The summed E-state index contributed by atoms with van der Waals surface area (Å²) in [4.78, 5) is 17.3. The van der Waals surface area contributed by atoms with Crippen LogP contribution < -0.4 is 0 Å². The summed E-state index contributed by atoms with van der Waals surface area (Å²) in [5.74, 6) is -5.81. The molecule has 0 spiro atoms. The Morgan fingerprint density at radius 1 is 0.833 bits per heavy atom. The summed E-state index contributed by atoms with van der Waals surface area (Å²) >= 11 is 0. The third-order valence-corrected chi connectivity index (χ3v) is 13.2. The van der Waals surface area contributed by atoms with Crippen molar-refractivity contribution < 1.29 is 31.9 Å². The van der Waals surface area contributed by atoms with Gasteiger partial charge in [0.25, 0.3) is 0 Å². The van der Waals surface area contributed by atoms with Gasteiger partial charge in [-0.15, -0.1) is 0 Å². The fourth-order valence-electron chi connectivity index (χ4n) is 10.6. The van der Waals surface area contributed by atoms with Crippen LogP contribution in [0.5, 0.6) is 0 Å². The standard InChI is InChI=1S/C39H47F5N2O2/c1-36-24-33(28-9-7-27(8-10-28)25-46-21-19-45(20-22-46)18-16-26-5-3-2-4-6-26)35-31-14-12-30(47)23-29(31)11-13-32(35)34(36)15-17-37(36,48)38(40,41)39(42,43)44/h2-10,23,31-35,48H,11-22,24-25H2,1H3/t31?,32?,33-,34?,35?,36+,37+/m1/s1. The monoisotopic (exact) mass is 670 g/mol. The van der Waals surface area contributed by atoms with Crippen LogP contribution in [0.4, 0.5) is 22.0 Å². The second-order valence-electron chi connectivity index (χ2n) is 15.5. The molecule has 0 aromatic heterocycles. The summed E-state index contributed by atoms with van der Waals surface area (Å²) < 4.78 is 72.2. The largest absolute Gasteiger partial charge is 0.456 e. The van der Waals surface area contributed by atoms with Crippen molar-refractivity contribution in [2.45, 2.75) is 88.5 Å². The van der Waals surface area contributed by atoms with E-state index < -0.39 is 35.5 Å². The molecule has 3 saturated carbocycles. The lowest BCUT2D eigenvalue weighted by Crippen LogP contribution is -2.66. The number of ketones is 1. The molecule has 260 valence electrons. The average Bonchev–Trinajstić information content (AvgIpc) is 3.35. The molecule has 2 aromatic rings. The van der Waals surface area contributed by atoms with E-state index >= 15 is 8.78 Å². The Morgan fingerprint density at radius 3 is 2.21 bits per heavy atom. The number of rotatable bonds is 7. The number of carbonyl (C=O) groups is 1. The van der Waals surface area contributed by atoms with Crippen molar-refractivity contribution in [1.82, 2.24) is 9.80 Å². The summed E-state index contributed by atoms with van der Waals surface area (Å²) in [5.41, 5.74) is -0.258. The molecule has 0 radical (unpaired) electrons. The Hall–Kier alpha value is -2.62. The van der Waals surface area contributed by atoms with Crippen molar-refractivity contribution in [3.05, 3.63) is 82.9 Å². The molecule has 1 aliphatic heterocycles. The number of aliphatic hydroxyl groups is 1. The first-order valence-corrected chi connectivity index (χ1v) is 17.8. The normalized spacial score (nSPS) is 34.7. The zero-order chi connectivity index (χ0) is 33.9. The predicted octanol–water partition coefficient (Wildman–Crippen LogP) is 7.81. The number of hydrogen-bond acceptors (Lipinski definition) is 4. The van der Waals surface area contributed by atoms with Gasteiger partial charge in [-0.05, 0) is 97.3 Å². The zero-order valence-electron chi connectivity index (χ0n) is 27.7. The van der Waals surface area contributed by atoms with Crippen LogP contribution in [0.3, 0.4) is 0 Å². The molecule has 2 aromatic carbocycles. The van der Waals surface area contributed by atoms with Gasteiger partial charge in [-0.25, -0.2) is 0 Å². The van der Waals surface area contributed by atoms with Crippen molar-refractivity contribution >= 4 is 5.78 Å². The molecule has 0 bridgehead atoms. The Balaban J connectivity index is 1.10. The van der Waals surface area contributed by atoms with Crippen LogP contribution in [0.2, 0.25) is 0 Å². The molecule has 4 fully saturated rings. The molecule has 9 heteroatoms. The van der Waals surface area contributed by atoms with Gasteiger partial charge < -0.3 is 10.0 Å². The molecule has 1 heterocycles. The van der Waals surface area contributed by atoms with Crippen molar-refractivity contribution in [1.29, 1.82) is 0 Å². The Kier molecular flexibility index (Phi) is 8.89. The van der Waals surface area contributed by atoms with E-state index in [-0.39, 0.29) is 42.3 Å². The number of benzene rings is 2. The highest BCUT2D eigenvalue weighted by Crippen LogP contribution is 2.71. The Morgan fingerprint density at radius 2 is 1.52 bits per heavy atom. The van der Waals surface area contributed by atoms with Gasteiger partial charge in [0.15, 0.2) is 5.78 Å². The van der Waals surface area contributed by atoms with Crippen LogP contribution in [-0.2, 0) is 17.8 Å². The number of halogens is 5. The molecule has 4 unspecified atom stereocenters. The molecule has 0 amide bonds. The van der Waals surface area contributed by atoms with E-state index in [1.165, 1.54) is 12.5 Å². The highest BCUT2D eigenvalue weighted by molar-refractivity contribution is 5.91. The second-order valence-corrected chi connectivity index (χ2v) is 15.5. The SMILES string of the molecule is C[C@]12C[C@H](c3ccc(CN4CCN(CCc5ccccc5)CC4)cc3)C3C4CCC(=O)C=C4CCC3C1CC[C@@]2(O)C(F)(F)C(F)(F)F. The second kappa shape index (κ2) is 12.6. The van der Waals surface area contributed by atoms with E-state index in [0.29, 0.717) is 25.7 Å². The van der Waals surface area contributed by atoms with Crippen molar-refractivity contribution in [2.24, 2.45) is 29.1 Å². The van der Waals surface area contributed by atoms with E-state index in [0.717, 1.165) is 62.4 Å². The molecule has 1 saturated heterocycles. The quantitative estimate of drug-likeness (QED) is 0.306. The first-order valence-electron chi connectivity index (χ1n) is 17.8. The fourth-order valence-corrected chi connectivity index (χ4v) is 10.6. The number of allylic oxidation sites excluding steroid dienone is 1. The van der Waals surface area contributed by atoms with Gasteiger partial charge in [0.1, 0.15) is 5.60 Å². The van der Waals surface area contributed by atoms with E-state index in [9.17, 15) is 23.1 Å². The Bertz CT molecular complexity index is 1500. The summed E-state index contributed by atoms with van der Waals surface area (Å²) in [6.45, 7) is 7.25. The third-order valence-electron chi connectivity index (χ3n) is 13.2. The molecular formula is C39H47F5N2O2. The van der Waals surface area contributed by atoms with Gasteiger partial charge in [0, 0.05) is 51.1 Å². The van der Waals surface area contributed by atoms with Gasteiger partial charge in [-0.3, -0.25) is 9.69 Å². The van der Waals surface area contributed by atoms with Crippen molar-refractivity contribution in [3.8, 4) is 0 Å². The maximum Gasteiger partial charge on any atom is 0.456 e.